The molecule has 1 aliphatic carbocycles. The second-order valence-corrected chi connectivity index (χ2v) is 8.58. The van der Waals surface area contributed by atoms with Crippen LogP contribution in [0, 0.1) is 13.8 Å². The van der Waals surface area contributed by atoms with E-state index in [9.17, 15) is 4.79 Å². The van der Waals surface area contributed by atoms with Crippen molar-refractivity contribution in [1.29, 1.82) is 0 Å². The van der Waals surface area contributed by atoms with Crippen LogP contribution in [0.2, 0.25) is 0 Å². The van der Waals surface area contributed by atoms with E-state index in [1.807, 2.05) is 50.2 Å². The summed E-state index contributed by atoms with van der Waals surface area (Å²) in [5.41, 5.74) is 4.08. The molecule has 0 spiro atoms. The summed E-state index contributed by atoms with van der Waals surface area (Å²) < 4.78 is 0. The predicted molar refractivity (Wildman–Crippen MR) is 111 cm³/mol. The van der Waals surface area contributed by atoms with E-state index >= 15 is 0 Å². The minimum Gasteiger partial charge on any atom is -0.325 e. The quantitative estimate of drug-likeness (QED) is 0.488. The van der Waals surface area contributed by atoms with Crippen LogP contribution in [0.1, 0.15) is 42.6 Å². The summed E-state index contributed by atoms with van der Waals surface area (Å²) in [4.78, 5) is 22.3. The third-order valence-electron chi connectivity index (χ3n) is 4.83. The minimum absolute atomic E-state index is 0.0115. The number of hydrogen-bond acceptors (Lipinski definition) is 4. The number of nitrogens with one attached hydrogen (secondary N) is 1. The van der Waals surface area contributed by atoms with E-state index in [0.717, 1.165) is 45.8 Å². The molecule has 0 saturated heterocycles. The van der Waals surface area contributed by atoms with Gasteiger partial charge in [-0.05, 0) is 51.3 Å². The number of thioether (sulfide) groups is 1. The van der Waals surface area contributed by atoms with Crippen molar-refractivity contribution in [3.63, 3.8) is 0 Å². The van der Waals surface area contributed by atoms with E-state index in [0.29, 0.717) is 5.92 Å². The van der Waals surface area contributed by atoms with E-state index in [1.165, 1.54) is 17.3 Å². The van der Waals surface area contributed by atoms with Gasteiger partial charge < -0.3 is 5.32 Å². The Balaban J connectivity index is 1.56. The van der Waals surface area contributed by atoms with Crippen molar-refractivity contribution in [2.45, 2.75) is 49.8 Å². The zero-order valence-corrected chi connectivity index (χ0v) is 16.6. The summed E-state index contributed by atoms with van der Waals surface area (Å²) >= 11 is 1.51. The third-order valence-corrected chi connectivity index (χ3v) is 5.93. The number of carbonyl (C=O) groups is 1. The second-order valence-electron chi connectivity index (χ2n) is 7.25. The van der Waals surface area contributed by atoms with Crippen LogP contribution in [-0.4, -0.2) is 21.1 Å². The number of aromatic nitrogens is 2. The van der Waals surface area contributed by atoms with Gasteiger partial charge in [0.05, 0.1) is 10.8 Å². The molecule has 4 nitrogen and oxygen atoms in total. The van der Waals surface area contributed by atoms with Crippen molar-refractivity contribution in [1.82, 2.24) is 9.97 Å². The number of amides is 1. The van der Waals surface area contributed by atoms with Crippen LogP contribution in [0.5, 0.6) is 0 Å². The molecular formula is C22H23N3OS. The fraction of sp³-hybridized carbons (Fsp3) is 0.318. The van der Waals surface area contributed by atoms with E-state index < -0.39 is 0 Å². The number of nitrogens with zero attached hydrogens (tertiary/aromatic N) is 2. The summed E-state index contributed by atoms with van der Waals surface area (Å²) in [7, 11) is 0. The molecule has 5 heteroatoms. The monoisotopic (exact) mass is 377 g/mol. The van der Waals surface area contributed by atoms with Gasteiger partial charge in [0.2, 0.25) is 5.91 Å². The number of anilines is 1. The van der Waals surface area contributed by atoms with Crippen LogP contribution in [0.4, 0.5) is 5.69 Å². The van der Waals surface area contributed by atoms with Crippen LogP contribution >= 0.6 is 11.8 Å². The topological polar surface area (TPSA) is 54.9 Å². The van der Waals surface area contributed by atoms with Gasteiger partial charge in [0.15, 0.2) is 0 Å². The molecule has 138 valence electrons. The number of benzene rings is 2. The van der Waals surface area contributed by atoms with Gasteiger partial charge in [-0.25, -0.2) is 9.97 Å². The summed E-state index contributed by atoms with van der Waals surface area (Å²) in [5, 5.41) is 4.70. The standard InChI is InChI=1S/C22H23N3OS/c1-13-8-11-18(14(2)12-13)24-21(26)15(3)27-22-17-6-4-5-7-19(17)23-20(25-22)16-9-10-16/h4-8,11-12,15-16H,9-10H2,1-3H3,(H,24,26). The molecule has 1 atom stereocenters. The molecule has 1 heterocycles. The maximum atomic E-state index is 12.7. The molecule has 0 bridgehead atoms. The first-order valence-corrected chi connectivity index (χ1v) is 10.2. The van der Waals surface area contributed by atoms with Crippen LogP contribution in [0.25, 0.3) is 10.9 Å². The first-order chi connectivity index (χ1) is 13.0. The zero-order valence-electron chi connectivity index (χ0n) is 15.8. The van der Waals surface area contributed by atoms with Crippen LogP contribution < -0.4 is 5.32 Å². The smallest absolute Gasteiger partial charge is 0.237 e. The Hall–Kier alpha value is -2.40. The molecule has 4 rings (SSSR count). The molecule has 27 heavy (non-hydrogen) atoms. The van der Waals surface area contributed by atoms with E-state index in [2.05, 4.69) is 18.3 Å². The normalized spacial score (nSPS) is 14.9. The Labute approximate surface area is 163 Å². The van der Waals surface area contributed by atoms with Crippen LogP contribution in [-0.2, 0) is 4.79 Å². The lowest BCUT2D eigenvalue weighted by Crippen LogP contribution is -2.23. The van der Waals surface area contributed by atoms with Crippen molar-refractivity contribution in [3.05, 3.63) is 59.4 Å². The van der Waals surface area contributed by atoms with Gasteiger partial charge in [0.1, 0.15) is 10.9 Å². The maximum Gasteiger partial charge on any atom is 0.237 e. The molecule has 3 aromatic rings. The highest BCUT2D eigenvalue weighted by Crippen LogP contribution is 2.40. The number of fused-ring (bicyclic) bond motifs is 1. The second kappa shape index (κ2) is 7.31. The van der Waals surface area contributed by atoms with E-state index in [1.54, 1.807) is 0 Å². The first-order valence-electron chi connectivity index (χ1n) is 9.32. The average molecular weight is 378 g/mol. The number of hydrogen-bond donors (Lipinski definition) is 1. The number of para-hydroxylation sites is 1. The Morgan fingerprint density at radius 3 is 2.67 bits per heavy atom. The molecule has 1 fully saturated rings. The molecule has 1 N–H and O–H groups in total. The molecule has 1 unspecified atom stereocenters. The Kier molecular flexibility index (Phi) is 4.87. The molecule has 0 radical (unpaired) electrons. The van der Waals surface area contributed by atoms with Crippen LogP contribution in [0.3, 0.4) is 0 Å². The summed E-state index contributed by atoms with van der Waals surface area (Å²) in [6.45, 7) is 5.99. The lowest BCUT2D eigenvalue weighted by molar-refractivity contribution is -0.115. The lowest BCUT2D eigenvalue weighted by atomic mass is 10.1. The van der Waals surface area contributed by atoms with Gasteiger partial charge in [-0.2, -0.15) is 0 Å². The van der Waals surface area contributed by atoms with E-state index in [-0.39, 0.29) is 11.2 Å². The molecule has 1 aliphatic rings. The number of rotatable bonds is 5. The maximum absolute atomic E-state index is 12.7. The highest BCUT2D eigenvalue weighted by Gasteiger charge is 2.28. The summed E-state index contributed by atoms with van der Waals surface area (Å²) in [6, 6.07) is 14.1. The fourth-order valence-corrected chi connectivity index (χ4v) is 4.03. The minimum atomic E-state index is -0.254. The third kappa shape index (κ3) is 3.98. The van der Waals surface area contributed by atoms with Gasteiger partial charge >= 0.3 is 0 Å². The van der Waals surface area contributed by atoms with E-state index in [4.69, 9.17) is 9.97 Å². The zero-order chi connectivity index (χ0) is 19.0. The Morgan fingerprint density at radius 2 is 1.93 bits per heavy atom. The number of aryl methyl sites for hydroxylation is 2. The lowest BCUT2D eigenvalue weighted by Gasteiger charge is -2.15. The highest BCUT2D eigenvalue weighted by molar-refractivity contribution is 8.00. The van der Waals surface area contributed by atoms with Crippen molar-refractivity contribution in [3.8, 4) is 0 Å². The van der Waals surface area contributed by atoms with Gasteiger partial charge in [-0.3, -0.25) is 4.79 Å². The Bertz CT molecular complexity index is 1010. The number of carbonyl (C=O) groups excluding carboxylic acids is 1. The van der Waals surface area contributed by atoms with Crippen molar-refractivity contribution >= 4 is 34.3 Å². The Morgan fingerprint density at radius 1 is 1.15 bits per heavy atom. The van der Waals surface area contributed by atoms with Gasteiger partial charge in [0, 0.05) is 17.0 Å². The van der Waals surface area contributed by atoms with Crippen molar-refractivity contribution in [2.75, 3.05) is 5.32 Å². The molecule has 1 aromatic heterocycles. The predicted octanol–water partition coefficient (Wildman–Crippen LogP) is 5.24. The molecular weight excluding hydrogens is 354 g/mol. The van der Waals surface area contributed by atoms with Crippen LogP contribution in [0.15, 0.2) is 47.5 Å². The fourth-order valence-electron chi connectivity index (χ4n) is 3.09. The van der Waals surface area contributed by atoms with Gasteiger partial charge in [-0.15, -0.1) is 0 Å². The van der Waals surface area contributed by atoms with Gasteiger partial charge in [-0.1, -0.05) is 47.7 Å². The highest BCUT2D eigenvalue weighted by atomic mass is 32.2. The average Bonchev–Trinajstić information content (AvgIpc) is 3.49. The first kappa shape index (κ1) is 18.0. The summed E-state index contributed by atoms with van der Waals surface area (Å²) in [6.07, 6.45) is 2.32. The molecule has 0 aliphatic heterocycles. The summed E-state index contributed by atoms with van der Waals surface area (Å²) in [5.74, 6) is 1.38. The van der Waals surface area contributed by atoms with Crippen molar-refractivity contribution < 1.29 is 4.79 Å². The van der Waals surface area contributed by atoms with Crippen molar-refractivity contribution in [2.24, 2.45) is 0 Å². The largest absolute Gasteiger partial charge is 0.325 e. The molecule has 1 saturated carbocycles. The molecule has 1 amide bonds. The SMILES string of the molecule is Cc1ccc(NC(=O)C(C)Sc2nc(C3CC3)nc3ccccc23)c(C)c1. The van der Waals surface area contributed by atoms with Gasteiger partial charge in [0.25, 0.3) is 0 Å². The molecule has 2 aromatic carbocycles.